The minimum atomic E-state index is 0.542. The van der Waals surface area contributed by atoms with Gasteiger partial charge in [0.05, 0.1) is 0 Å². The van der Waals surface area contributed by atoms with Crippen molar-refractivity contribution in [3.8, 4) is 0 Å². The molecule has 0 amide bonds. The Bertz CT molecular complexity index is 169. The van der Waals surface area contributed by atoms with E-state index in [0.29, 0.717) is 5.41 Å². The minimum Gasteiger partial charge on any atom is -0.0654 e. The van der Waals surface area contributed by atoms with Crippen molar-refractivity contribution in [3.05, 3.63) is 0 Å². The molecule has 2 atom stereocenters. The van der Waals surface area contributed by atoms with Gasteiger partial charge in [-0.25, -0.2) is 0 Å². The van der Waals surface area contributed by atoms with Gasteiger partial charge in [-0.05, 0) is 36.0 Å². The van der Waals surface area contributed by atoms with Gasteiger partial charge in [-0.15, -0.1) is 0 Å². The van der Waals surface area contributed by atoms with Crippen LogP contribution in [0.2, 0.25) is 0 Å². The first-order valence-corrected chi connectivity index (χ1v) is 7.40. The highest BCUT2D eigenvalue weighted by molar-refractivity contribution is 4.86. The fraction of sp³-hybridized carbons (Fsp3) is 1.00. The fourth-order valence-electron chi connectivity index (χ4n) is 3.20. The zero-order valence-electron chi connectivity index (χ0n) is 12.8. The molecule has 16 heavy (non-hydrogen) atoms. The second kappa shape index (κ2) is 7.35. The lowest BCUT2D eigenvalue weighted by Crippen LogP contribution is -2.36. The summed E-state index contributed by atoms with van der Waals surface area (Å²) in [5.74, 6) is 2.52. The molecule has 0 nitrogen and oxygen atoms in total. The monoisotopic (exact) mass is 226 g/mol. The van der Waals surface area contributed by atoms with E-state index in [-0.39, 0.29) is 0 Å². The maximum atomic E-state index is 2.54. The lowest BCUT2D eigenvalue weighted by molar-refractivity contribution is 0.0556. The summed E-state index contributed by atoms with van der Waals surface area (Å²) in [4.78, 5) is 0. The van der Waals surface area contributed by atoms with Gasteiger partial charge in [-0.1, -0.05) is 67.7 Å². The molecule has 0 spiro atoms. The van der Waals surface area contributed by atoms with Crippen LogP contribution < -0.4 is 0 Å². The first-order valence-electron chi connectivity index (χ1n) is 7.40. The van der Waals surface area contributed by atoms with Crippen LogP contribution in [0.25, 0.3) is 0 Å². The third kappa shape index (κ3) is 4.11. The lowest BCUT2D eigenvalue weighted by atomic mass is 9.61. The van der Waals surface area contributed by atoms with Gasteiger partial charge in [-0.3, -0.25) is 0 Å². The second-order valence-corrected chi connectivity index (χ2v) is 6.40. The number of hydrogen-bond donors (Lipinski definition) is 0. The van der Waals surface area contributed by atoms with Crippen LogP contribution in [-0.2, 0) is 0 Å². The van der Waals surface area contributed by atoms with Crippen molar-refractivity contribution >= 4 is 0 Å². The maximum absolute atomic E-state index is 2.54. The number of rotatable bonds is 8. The Kier molecular flexibility index (Phi) is 7.35. The van der Waals surface area contributed by atoms with Gasteiger partial charge in [0.1, 0.15) is 0 Å². The SMILES string of the molecule is CCCCC(C)(C(C)C)C(CCC)C(C)C. The molecule has 0 rings (SSSR count). The fourth-order valence-corrected chi connectivity index (χ4v) is 3.20. The predicted octanol–water partition coefficient (Wildman–Crippen LogP) is 5.91. The Morgan fingerprint density at radius 1 is 0.938 bits per heavy atom. The zero-order valence-corrected chi connectivity index (χ0v) is 12.8. The van der Waals surface area contributed by atoms with Crippen molar-refractivity contribution in [2.24, 2.45) is 23.2 Å². The minimum absolute atomic E-state index is 0.542. The van der Waals surface area contributed by atoms with E-state index in [0.717, 1.165) is 17.8 Å². The van der Waals surface area contributed by atoms with Crippen molar-refractivity contribution in [1.29, 1.82) is 0 Å². The van der Waals surface area contributed by atoms with Gasteiger partial charge in [0.25, 0.3) is 0 Å². The molecule has 98 valence electrons. The first-order chi connectivity index (χ1) is 7.40. The molecule has 0 bridgehead atoms. The maximum Gasteiger partial charge on any atom is -0.0272 e. The van der Waals surface area contributed by atoms with Gasteiger partial charge < -0.3 is 0 Å². The van der Waals surface area contributed by atoms with E-state index in [9.17, 15) is 0 Å². The molecule has 0 radical (unpaired) electrons. The largest absolute Gasteiger partial charge is 0.0654 e. The smallest absolute Gasteiger partial charge is 0.0272 e. The molecule has 0 aliphatic carbocycles. The Morgan fingerprint density at radius 3 is 1.81 bits per heavy atom. The number of unbranched alkanes of at least 4 members (excludes halogenated alkanes) is 1. The molecule has 2 unspecified atom stereocenters. The van der Waals surface area contributed by atoms with Crippen LogP contribution in [0.4, 0.5) is 0 Å². The van der Waals surface area contributed by atoms with Crippen molar-refractivity contribution < 1.29 is 0 Å². The third-order valence-corrected chi connectivity index (χ3v) is 4.64. The summed E-state index contributed by atoms with van der Waals surface area (Å²) in [6.07, 6.45) is 6.86. The average Bonchev–Trinajstić information content (AvgIpc) is 2.21. The van der Waals surface area contributed by atoms with Crippen molar-refractivity contribution in [2.45, 2.75) is 80.6 Å². The Hall–Kier alpha value is 0. The molecule has 0 aliphatic heterocycles. The molecule has 0 aliphatic rings. The molecule has 0 aromatic rings. The van der Waals surface area contributed by atoms with Crippen LogP contribution in [0.15, 0.2) is 0 Å². The van der Waals surface area contributed by atoms with Crippen molar-refractivity contribution in [2.75, 3.05) is 0 Å². The van der Waals surface area contributed by atoms with E-state index in [1.807, 2.05) is 0 Å². The molecule has 0 heterocycles. The molecule has 0 N–H and O–H groups in total. The van der Waals surface area contributed by atoms with Gasteiger partial charge in [0, 0.05) is 0 Å². The Balaban J connectivity index is 4.80. The summed E-state index contributed by atoms with van der Waals surface area (Å²) < 4.78 is 0. The highest BCUT2D eigenvalue weighted by atomic mass is 14.4. The van der Waals surface area contributed by atoms with Gasteiger partial charge in [0.15, 0.2) is 0 Å². The summed E-state index contributed by atoms with van der Waals surface area (Å²) in [6, 6.07) is 0. The lowest BCUT2D eigenvalue weighted by Gasteiger charge is -2.44. The highest BCUT2D eigenvalue weighted by Crippen LogP contribution is 2.45. The molecule has 0 aromatic heterocycles. The second-order valence-electron chi connectivity index (χ2n) is 6.40. The molecular formula is C16H34. The van der Waals surface area contributed by atoms with Crippen LogP contribution in [0.5, 0.6) is 0 Å². The zero-order chi connectivity index (χ0) is 12.8. The van der Waals surface area contributed by atoms with E-state index in [2.05, 4.69) is 48.5 Å². The standard InChI is InChI=1S/C16H34/c1-8-10-12-16(7,14(5)6)15(11-9-2)13(3)4/h13-15H,8-12H2,1-7H3. The van der Waals surface area contributed by atoms with E-state index in [1.165, 1.54) is 32.1 Å². The quantitative estimate of drug-likeness (QED) is 0.482. The van der Waals surface area contributed by atoms with E-state index in [4.69, 9.17) is 0 Å². The summed E-state index contributed by atoms with van der Waals surface area (Å²) in [5.41, 5.74) is 0.542. The Morgan fingerprint density at radius 2 is 1.50 bits per heavy atom. The first kappa shape index (κ1) is 16.0. The predicted molar refractivity (Wildman–Crippen MR) is 75.7 cm³/mol. The van der Waals surface area contributed by atoms with Crippen LogP contribution in [0.1, 0.15) is 80.6 Å². The highest BCUT2D eigenvalue weighted by Gasteiger charge is 2.37. The van der Waals surface area contributed by atoms with Crippen LogP contribution in [0, 0.1) is 23.2 Å². The molecule has 0 heteroatoms. The molecule has 0 aromatic carbocycles. The van der Waals surface area contributed by atoms with Gasteiger partial charge in [0.2, 0.25) is 0 Å². The Labute approximate surface area is 104 Å². The summed E-state index contributed by atoms with van der Waals surface area (Å²) in [6.45, 7) is 16.8. The van der Waals surface area contributed by atoms with Crippen LogP contribution in [-0.4, -0.2) is 0 Å². The van der Waals surface area contributed by atoms with Crippen molar-refractivity contribution in [1.82, 2.24) is 0 Å². The molecule has 0 saturated heterocycles. The van der Waals surface area contributed by atoms with Crippen LogP contribution in [0.3, 0.4) is 0 Å². The van der Waals surface area contributed by atoms with Crippen molar-refractivity contribution in [3.63, 3.8) is 0 Å². The van der Waals surface area contributed by atoms with Crippen LogP contribution >= 0.6 is 0 Å². The van der Waals surface area contributed by atoms with E-state index in [1.54, 1.807) is 0 Å². The molecular weight excluding hydrogens is 192 g/mol. The van der Waals surface area contributed by atoms with E-state index >= 15 is 0 Å². The normalized spacial score (nSPS) is 17.8. The molecule has 0 saturated carbocycles. The summed E-state index contributed by atoms with van der Waals surface area (Å²) >= 11 is 0. The molecule has 0 fully saturated rings. The number of hydrogen-bond acceptors (Lipinski definition) is 0. The summed E-state index contributed by atoms with van der Waals surface area (Å²) in [7, 11) is 0. The van der Waals surface area contributed by atoms with E-state index < -0.39 is 0 Å². The van der Waals surface area contributed by atoms with Gasteiger partial charge in [-0.2, -0.15) is 0 Å². The average molecular weight is 226 g/mol. The summed E-state index contributed by atoms with van der Waals surface area (Å²) in [5, 5.41) is 0. The topological polar surface area (TPSA) is 0 Å². The van der Waals surface area contributed by atoms with Gasteiger partial charge >= 0.3 is 0 Å². The third-order valence-electron chi connectivity index (χ3n) is 4.64.